The summed E-state index contributed by atoms with van der Waals surface area (Å²) in [5.74, 6) is -0.460. The fourth-order valence-electron chi connectivity index (χ4n) is 1.29. The van der Waals surface area contributed by atoms with Crippen LogP contribution in [0.5, 0.6) is 0 Å². The Labute approximate surface area is 104 Å². The van der Waals surface area contributed by atoms with Crippen LogP contribution in [0.15, 0.2) is 5.03 Å². The minimum absolute atomic E-state index is 0.0919. The number of aryl methyl sites for hydroxylation is 2. The van der Waals surface area contributed by atoms with E-state index in [-0.39, 0.29) is 10.8 Å². The molecule has 0 bridgehead atoms. The van der Waals surface area contributed by atoms with Gasteiger partial charge in [0, 0.05) is 6.42 Å². The van der Waals surface area contributed by atoms with Crippen LogP contribution < -0.4 is 0 Å². The van der Waals surface area contributed by atoms with E-state index in [2.05, 4.69) is 9.97 Å². The number of thioether (sulfide) groups is 1. The first-order valence-electron chi connectivity index (χ1n) is 5.16. The minimum Gasteiger partial charge on any atom is -0.478 e. The Morgan fingerprint density at radius 3 is 2.71 bits per heavy atom. The van der Waals surface area contributed by atoms with Gasteiger partial charge in [0.25, 0.3) is 0 Å². The van der Waals surface area contributed by atoms with Crippen LogP contribution in [0.4, 0.5) is 0 Å². The summed E-state index contributed by atoms with van der Waals surface area (Å²) in [5.41, 5.74) is 0.534. The maximum absolute atomic E-state index is 11.1. The van der Waals surface area contributed by atoms with Crippen molar-refractivity contribution in [2.24, 2.45) is 0 Å². The Bertz CT molecular complexity index is 482. The second kappa shape index (κ2) is 5.64. The Kier molecular flexibility index (Phi) is 4.46. The van der Waals surface area contributed by atoms with E-state index < -0.39 is 5.97 Å². The summed E-state index contributed by atoms with van der Waals surface area (Å²) >= 11 is 1.15. The number of carbonyl (C=O) groups is 1. The third-order valence-corrected chi connectivity index (χ3v) is 3.08. The molecule has 0 amide bonds. The van der Waals surface area contributed by atoms with Crippen molar-refractivity contribution in [2.45, 2.75) is 37.5 Å². The largest absolute Gasteiger partial charge is 0.478 e. The highest BCUT2D eigenvalue weighted by Crippen LogP contribution is 2.26. The van der Waals surface area contributed by atoms with E-state index in [1.54, 1.807) is 13.8 Å². The van der Waals surface area contributed by atoms with Crippen LogP contribution in [0.25, 0.3) is 0 Å². The SMILES string of the molecule is CCc1nc(C)c(C(=O)O)c(SC(C)C#N)n1. The normalized spacial score (nSPS) is 11.9. The average molecular weight is 251 g/mol. The van der Waals surface area contributed by atoms with Gasteiger partial charge in [-0.25, -0.2) is 14.8 Å². The molecule has 0 aliphatic rings. The molecule has 1 atom stereocenters. The predicted octanol–water partition coefficient (Wildman–Crippen LogP) is 2.05. The lowest BCUT2D eigenvalue weighted by atomic mass is 10.2. The summed E-state index contributed by atoms with van der Waals surface area (Å²) in [6, 6.07) is 2.05. The number of rotatable bonds is 4. The zero-order chi connectivity index (χ0) is 13.0. The van der Waals surface area contributed by atoms with Crippen LogP contribution in [0, 0.1) is 18.3 Å². The van der Waals surface area contributed by atoms with Gasteiger partial charge in [-0.15, -0.1) is 0 Å². The number of carboxylic acids is 1. The number of hydrogen-bond acceptors (Lipinski definition) is 5. The van der Waals surface area contributed by atoms with E-state index in [1.807, 2.05) is 13.0 Å². The highest BCUT2D eigenvalue weighted by Gasteiger charge is 2.19. The summed E-state index contributed by atoms with van der Waals surface area (Å²) in [7, 11) is 0. The molecule has 0 radical (unpaired) electrons. The zero-order valence-electron chi connectivity index (χ0n) is 9.89. The molecule has 1 unspecified atom stereocenters. The van der Waals surface area contributed by atoms with Gasteiger partial charge in [0.15, 0.2) is 0 Å². The quantitative estimate of drug-likeness (QED) is 0.651. The van der Waals surface area contributed by atoms with Crippen molar-refractivity contribution in [1.29, 1.82) is 5.26 Å². The molecule has 0 fully saturated rings. The van der Waals surface area contributed by atoms with Gasteiger partial charge in [-0.2, -0.15) is 5.26 Å². The second-order valence-corrected chi connectivity index (χ2v) is 4.78. The van der Waals surface area contributed by atoms with Crippen molar-refractivity contribution in [2.75, 3.05) is 0 Å². The first kappa shape index (κ1) is 13.5. The van der Waals surface area contributed by atoms with Crippen LogP contribution in [0.2, 0.25) is 0 Å². The van der Waals surface area contributed by atoms with Gasteiger partial charge < -0.3 is 5.11 Å². The molecular formula is C11H13N3O2S. The van der Waals surface area contributed by atoms with Crippen molar-refractivity contribution in [3.63, 3.8) is 0 Å². The summed E-state index contributed by atoms with van der Waals surface area (Å²) in [5, 5.41) is 17.9. The first-order chi connectivity index (χ1) is 7.99. The first-order valence-corrected chi connectivity index (χ1v) is 6.04. The topological polar surface area (TPSA) is 86.9 Å². The molecule has 0 aliphatic heterocycles. The molecule has 90 valence electrons. The third kappa shape index (κ3) is 3.17. The lowest BCUT2D eigenvalue weighted by Crippen LogP contribution is -2.10. The molecule has 1 heterocycles. The van der Waals surface area contributed by atoms with Gasteiger partial charge in [-0.1, -0.05) is 18.7 Å². The molecule has 0 spiro atoms. The summed E-state index contributed by atoms with van der Waals surface area (Å²) < 4.78 is 0. The minimum atomic E-state index is -1.06. The van der Waals surface area contributed by atoms with E-state index in [9.17, 15) is 4.79 Å². The van der Waals surface area contributed by atoms with E-state index in [4.69, 9.17) is 10.4 Å². The number of hydrogen-bond donors (Lipinski definition) is 1. The highest BCUT2D eigenvalue weighted by molar-refractivity contribution is 8.00. The predicted molar refractivity (Wildman–Crippen MR) is 64.0 cm³/mol. The molecule has 0 saturated carbocycles. The van der Waals surface area contributed by atoms with Crippen LogP contribution in [-0.2, 0) is 6.42 Å². The highest BCUT2D eigenvalue weighted by atomic mass is 32.2. The molecule has 0 aromatic carbocycles. The molecule has 1 aromatic heterocycles. The summed E-state index contributed by atoms with van der Waals surface area (Å²) in [6.07, 6.45) is 0.634. The van der Waals surface area contributed by atoms with E-state index in [1.165, 1.54) is 0 Å². The number of aromatic carboxylic acids is 1. The van der Waals surface area contributed by atoms with E-state index >= 15 is 0 Å². The van der Waals surface area contributed by atoms with Crippen LogP contribution in [0.3, 0.4) is 0 Å². The maximum atomic E-state index is 11.1. The Balaban J connectivity index is 3.28. The summed E-state index contributed by atoms with van der Waals surface area (Å²) in [6.45, 7) is 5.25. The van der Waals surface area contributed by atoms with Gasteiger partial charge in [-0.3, -0.25) is 0 Å². The molecular weight excluding hydrogens is 238 g/mol. The monoisotopic (exact) mass is 251 g/mol. The Morgan fingerprint density at radius 2 is 2.24 bits per heavy atom. The van der Waals surface area contributed by atoms with Crippen LogP contribution >= 0.6 is 11.8 Å². The average Bonchev–Trinajstić information content (AvgIpc) is 2.27. The number of nitrogens with zero attached hydrogens (tertiary/aromatic N) is 3. The molecule has 17 heavy (non-hydrogen) atoms. The van der Waals surface area contributed by atoms with Gasteiger partial charge in [0.1, 0.15) is 16.4 Å². The smallest absolute Gasteiger partial charge is 0.340 e. The Morgan fingerprint density at radius 1 is 1.59 bits per heavy atom. The molecule has 5 nitrogen and oxygen atoms in total. The molecule has 6 heteroatoms. The molecule has 0 aliphatic carbocycles. The summed E-state index contributed by atoms with van der Waals surface area (Å²) in [4.78, 5) is 19.4. The van der Waals surface area contributed by atoms with Gasteiger partial charge in [-0.05, 0) is 13.8 Å². The fourth-order valence-corrected chi connectivity index (χ4v) is 2.18. The zero-order valence-corrected chi connectivity index (χ0v) is 10.7. The van der Waals surface area contributed by atoms with Crippen molar-refractivity contribution >= 4 is 17.7 Å². The third-order valence-electron chi connectivity index (χ3n) is 2.10. The Hall–Kier alpha value is -1.61. The lowest BCUT2D eigenvalue weighted by molar-refractivity contribution is 0.0690. The number of nitriles is 1. The van der Waals surface area contributed by atoms with Crippen molar-refractivity contribution in [3.05, 3.63) is 17.1 Å². The molecule has 1 aromatic rings. The van der Waals surface area contributed by atoms with E-state index in [0.29, 0.717) is 23.0 Å². The van der Waals surface area contributed by atoms with E-state index in [0.717, 1.165) is 11.8 Å². The molecule has 0 saturated heterocycles. The van der Waals surface area contributed by atoms with Crippen LogP contribution in [0.1, 0.15) is 35.7 Å². The molecule has 1 rings (SSSR count). The van der Waals surface area contributed by atoms with Gasteiger partial charge >= 0.3 is 5.97 Å². The second-order valence-electron chi connectivity index (χ2n) is 3.45. The molecule has 1 N–H and O–H groups in total. The van der Waals surface area contributed by atoms with Gasteiger partial charge in [0.2, 0.25) is 0 Å². The number of carboxylic acid groups (broad SMARTS) is 1. The van der Waals surface area contributed by atoms with Crippen molar-refractivity contribution in [3.8, 4) is 6.07 Å². The van der Waals surface area contributed by atoms with Crippen molar-refractivity contribution < 1.29 is 9.90 Å². The van der Waals surface area contributed by atoms with Gasteiger partial charge in [0.05, 0.1) is 17.0 Å². The standard InChI is InChI=1S/C11H13N3O2S/c1-4-8-13-7(3)9(11(15)16)10(14-8)17-6(2)5-12/h6H,4H2,1-3H3,(H,15,16). The van der Waals surface area contributed by atoms with Crippen molar-refractivity contribution in [1.82, 2.24) is 9.97 Å². The maximum Gasteiger partial charge on any atom is 0.340 e. The van der Waals surface area contributed by atoms with Crippen LogP contribution in [-0.4, -0.2) is 26.3 Å². The number of aromatic nitrogens is 2. The fraction of sp³-hybridized carbons (Fsp3) is 0.455. The lowest BCUT2D eigenvalue weighted by Gasteiger charge is -2.09.